The molecule has 4 rings (SSSR count). The number of carboxylic acid groups (broad SMARTS) is 1. The molecule has 0 spiro atoms. The third-order valence-electron chi connectivity index (χ3n) is 6.22. The summed E-state index contributed by atoms with van der Waals surface area (Å²) in [7, 11) is 0. The molecule has 0 radical (unpaired) electrons. The SMILES string of the molecule is O=C(O)CCC/C=C\C[C@@H]1C2CCC(CC2)[C@H]1/C=N/OCc1cccc(Cl)c1. The van der Waals surface area contributed by atoms with Gasteiger partial charge >= 0.3 is 5.97 Å². The monoisotopic (exact) mass is 403 g/mol. The van der Waals surface area contributed by atoms with Crippen molar-refractivity contribution in [3.63, 3.8) is 0 Å². The molecule has 0 heterocycles. The molecule has 3 aliphatic carbocycles. The summed E-state index contributed by atoms with van der Waals surface area (Å²) >= 11 is 6.01. The van der Waals surface area contributed by atoms with Crippen molar-refractivity contribution in [1.82, 2.24) is 0 Å². The van der Waals surface area contributed by atoms with Gasteiger partial charge in [-0.1, -0.05) is 41.0 Å². The minimum absolute atomic E-state index is 0.248. The van der Waals surface area contributed by atoms with Crippen LogP contribution in [0.5, 0.6) is 0 Å². The number of nitrogens with zero attached hydrogens (tertiary/aromatic N) is 1. The Morgan fingerprint density at radius 3 is 2.75 bits per heavy atom. The topological polar surface area (TPSA) is 58.9 Å². The van der Waals surface area contributed by atoms with Gasteiger partial charge in [0.1, 0.15) is 6.61 Å². The summed E-state index contributed by atoms with van der Waals surface area (Å²) in [5.41, 5.74) is 1.02. The van der Waals surface area contributed by atoms with Gasteiger partial charge in [-0.3, -0.25) is 4.79 Å². The van der Waals surface area contributed by atoms with Gasteiger partial charge in [-0.25, -0.2) is 0 Å². The Morgan fingerprint density at radius 2 is 2.00 bits per heavy atom. The van der Waals surface area contributed by atoms with Crippen LogP contribution >= 0.6 is 11.6 Å². The highest BCUT2D eigenvalue weighted by Crippen LogP contribution is 2.49. The third kappa shape index (κ3) is 6.10. The molecular weight excluding hydrogens is 374 g/mol. The first-order valence-corrected chi connectivity index (χ1v) is 10.8. The lowest BCUT2D eigenvalue weighted by molar-refractivity contribution is -0.137. The molecule has 152 valence electrons. The number of hydrogen-bond donors (Lipinski definition) is 1. The Bertz CT molecular complexity index is 695. The number of benzene rings is 1. The highest BCUT2D eigenvalue weighted by atomic mass is 35.5. The van der Waals surface area contributed by atoms with Gasteiger partial charge in [-0.15, -0.1) is 0 Å². The van der Waals surface area contributed by atoms with Crippen LogP contribution in [0.2, 0.25) is 5.02 Å². The zero-order valence-corrected chi connectivity index (χ0v) is 17.1. The maximum Gasteiger partial charge on any atom is 0.303 e. The number of aliphatic carboxylic acids is 1. The molecule has 3 fully saturated rings. The Morgan fingerprint density at radius 1 is 1.21 bits per heavy atom. The summed E-state index contributed by atoms with van der Waals surface area (Å²) in [6.45, 7) is 0.437. The minimum atomic E-state index is -0.716. The number of allylic oxidation sites excluding steroid dienone is 2. The van der Waals surface area contributed by atoms with E-state index >= 15 is 0 Å². The maximum absolute atomic E-state index is 10.6. The smallest absolute Gasteiger partial charge is 0.303 e. The molecule has 4 nitrogen and oxygen atoms in total. The van der Waals surface area contributed by atoms with Gasteiger partial charge in [-0.05, 0) is 80.4 Å². The average Bonchev–Trinajstić information content (AvgIpc) is 2.69. The third-order valence-corrected chi connectivity index (χ3v) is 6.46. The molecule has 1 aromatic carbocycles. The number of fused-ring (bicyclic) bond motifs is 3. The van der Waals surface area contributed by atoms with Gasteiger partial charge in [0, 0.05) is 23.6 Å². The number of carboxylic acids is 1. The standard InChI is InChI=1S/C23H30ClNO3/c24-20-7-5-6-17(14-20)16-28-25-15-22-19-12-10-18(11-13-19)21(22)8-3-1-2-4-9-23(26)27/h1,3,5-7,14-15,18-19,21-22H,2,4,8-13,16H2,(H,26,27)/b3-1-,25-15+/t18?,19?,21-,22-/m1/s1. The first-order valence-electron chi connectivity index (χ1n) is 10.4. The highest BCUT2D eigenvalue weighted by molar-refractivity contribution is 6.30. The van der Waals surface area contributed by atoms with Crippen LogP contribution in [-0.4, -0.2) is 17.3 Å². The summed E-state index contributed by atoms with van der Waals surface area (Å²) in [5, 5.41) is 13.7. The van der Waals surface area contributed by atoms with Crippen LogP contribution in [0.15, 0.2) is 41.6 Å². The van der Waals surface area contributed by atoms with Crippen LogP contribution < -0.4 is 0 Å². The van der Waals surface area contributed by atoms with E-state index in [0.29, 0.717) is 35.8 Å². The Hall–Kier alpha value is -1.81. The van der Waals surface area contributed by atoms with Gasteiger partial charge in [0.2, 0.25) is 0 Å². The van der Waals surface area contributed by atoms with E-state index in [4.69, 9.17) is 21.5 Å². The predicted octanol–water partition coefficient (Wildman–Crippen LogP) is 6.10. The van der Waals surface area contributed by atoms with E-state index in [0.717, 1.165) is 24.3 Å². The molecule has 0 aromatic heterocycles. The largest absolute Gasteiger partial charge is 0.481 e. The van der Waals surface area contributed by atoms with E-state index < -0.39 is 5.97 Å². The second kappa shape index (κ2) is 10.7. The predicted molar refractivity (Wildman–Crippen MR) is 112 cm³/mol. The van der Waals surface area contributed by atoms with Crippen LogP contribution in [0.1, 0.15) is 56.9 Å². The summed E-state index contributed by atoms with van der Waals surface area (Å²) in [5.74, 6) is 1.89. The molecule has 28 heavy (non-hydrogen) atoms. The number of carbonyl (C=O) groups is 1. The maximum atomic E-state index is 10.6. The molecular formula is C23H30ClNO3. The van der Waals surface area contributed by atoms with Crippen LogP contribution in [0.3, 0.4) is 0 Å². The quantitative estimate of drug-likeness (QED) is 0.222. The molecule has 3 saturated carbocycles. The minimum Gasteiger partial charge on any atom is -0.481 e. The first kappa shape index (κ1) is 20.9. The lowest BCUT2D eigenvalue weighted by atomic mass is 9.58. The van der Waals surface area contributed by atoms with Crippen molar-refractivity contribution in [3.8, 4) is 0 Å². The van der Waals surface area contributed by atoms with Crippen LogP contribution in [0.25, 0.3) is 0 Å². The molecule has 2 atom stereocenters. The number of hydrogen-bond acceptors (Lipinski definition) is 3. The summed E-state index contributed by atoms with van der Waals surface area (Å²) in [6, 6.07) is 7.66. The molecule has 2 bridgehead atoms. The van der Waals surface area contributed by atoms with E-state index in [2.05, 4.69) is 17.3 Å². The Labute approximate surface area is 172 Å². The van der Waals surface area contributed by atoms with Crippen molar-refractivity contribution >= 4 is 23.8 Å². The zero-order chi connectivity index (χ0) is 19.8. The number of rotatable bonds is 10. The second-order valence-corrected chi connectivity index (χ2v) is 8.50. The van der Waals surface area contributed by atoms with E-state index in [9.17, 15) is 4.79 Å². The van der Waals surface area contributed by atoms with Crippen molar-refractivity contribution in [2.75, 3.05) is 0 Å². The van der Waals surface area contributed by atoms with Gasteiger partial charge in [0.25, 0.3) is 0 Å². The first-order chi connectivity index (χ1) is 13.6. The molecule has 5 heteroatoms. The van der Waals surface area contributed by atoms with Crippen molar-refractivity contribution in [1.29, 1.82) is 0 Å². The molecule has 0 saturated heterocycles. The highest BCUT2D eigenvalue weighted by Gasteiger charge is 2.42. The zero-order valence-electron chi connectivity index (χ0n) is 16.3. The molecule has 1 aromatic rings. The van der Waals surface area contributed by atoms with Crippen molar-refractivity contribution in [2.24, 2.45) is 28.8 Å². The van der Waals surface area contributed by atoms with Crippen molar-refractivity contribution in [3.05, 3.63) is 47.0 Å². The fourth-order valence-corrected chi connectivity index (χ4v) is 5.01. The molecule has 0 unspecified atom stereocenters. The van der Waals surface area contributed by atoms with Crippen molar-refractivity contribution in [2.45, 2.75) is 58.0 Å². The van der Waals surface area contributed by atoms with E-state index in [-0.39, 0.29) is 6.42 Å². The van der Waals surface area contributed by atoms with Crippen molar-refractivity contribution < 1.29 is 14.7 Å². The summed E-state index contributed by atoms with van der Waals surface area (Å²) in [6.07, 6.45) is 14.6. The number of unbranched alkanes of at least 4 members (excludes halogenated alkanes) is 1. The fraction of sp³-hybridized carbons (Fsp3) is 0.565. The lowest BCUT2D eigenvalue weighted by Gasteiger charge is -2.47. The van der Waals surface area contributed by atoms with Gasteiger partial charge in [0.15, 0.2) is 0 Å². The van der Waals surface area contributed by atoms with Crippen LogP contribution in [0, 0.1) is 23.7 Å². The summed E-state index contributed by atoms with van der Waals surface area (Å²) < 4.78 is 0. The second-order valence-electron chi connectivity index (χ2n) is 8.07. The van der Waals surface area contributed by atoms with Crippen LogP contribution in [0.4, 0.5) is 0 Å². The molecule has 3 aliphatic rings. The van der Waals surface area contributed by atoms with E-state index in [1.807, 2.05) is 30.5 Å². The Kier molecular flexibility index (Phi) is 7.96. The average molecular weight is 404 g/mol. The van der Waals surface area contributed by atoms with Gasteiger partial charge in [-0.2, -0.15) is 0 Å². The number of oxime groups is 1. The van der Waals surface area contributed by atoms with E-state index in [1.54, 1.807) is 0 Å². The fourth-order valence-electron chi connectivity index (χ4n) is 4.80. The van der Waals surface area contributed by atoms with Gasteiger partial charge < -0.3 is 9.94 Å². The lowest BCUT2D eigenvalue weighted by Crippen LogP contribution is -2.40. The number of halogens is 1. The summed E-state index contributed by atoms with van der Waals surface area (Å²) in [4.78, 5) is 16.1. The van der Waals surface area contributed by atoms with Gasteiger partial charge in [0.05, 0.1) is 0 Å². The van der Waals surface area contributed by atoms with E-state index in [1.165, 1.54) is 25.7 Å². The van der Waals surface area contributed by atoms with Crippen LogP contribution in [-0.2, 0) is 16.2 Å². The molecule has 1 N–H and O–H groups in total. The normalized spacial score (nSPS) is 26.9. The Balaban J connectivity index is 1.50. The molecule has 0 amide bonds. The molecule has 0 aliphatic heterocycles.